The van der Waals surface area contributed by atoms with Crippen molar-refractivity contribution < 1.29 is 4.74 Å². The maximum atomic E-state index is 5.42. The average molecular weight is 205 g/mol. The van der Waals surface area contributed by atoms with Crippen LogP contribution < -0.4 is 0 Å². The van der Waals surface area contributed by atoms with Crippen molar-refractivity contribution in [2.75, 3.05) is 26.3 Å². The monoisotopic (exact) mass is 205 g/mol. The molecule has 2 nitrogen and oxygen atoms in total. The minimum atomic E-state index is 0.572. The Labute approximate surface area is 91.9 Å². The first-order valence-corrected chi connectivity index (χ1v) is 5.72. The molecule has 0 bridgehead atoms. The third kappa shape index (κ3) is 3.05. The Kier molecular flexibility index (Phi) is 3.75. The predicted octanol–water partition coefficient (Wildman–Crippen LogP) is 1.95. The molecule has 82 valence electrons. The van der Waals surface area contributed by atoms with Crippen LogP contribution in [0.5, 0.6) is 0 Å². The van der Waals surface area contributed by atoms with E-state index in [0.29, 0.717) is 6.04 Å². The molecule has 0 radical (unpaired) electrons. The van der Waals surface area contributed by atoms with Gasteiger partial charge in [-0.15, -0.1) is 0 Å². The van der Waals surface area contributed by atoms with Crippen LogP contribution in [-0.4, -0.2) is 37.2 Å². The molecule has 0 amide bonds. The summed E-state index contributed by atoms with van der Waals surface area (Å²) in [5.74, 6) is 0. The molecule has 0 aromatic heterocycles. The van der Waals surface area contributed by atoms with Gasteiger partial charge in [0.1, 0.15) is 0 Å². The summed E-state index contributed by atoms with van der Waals surface area (Å²) in [5, 5.41) is 0. The number of rotatable bonds is 3. The Hall–Kier alpha value is -0.860. The van der Waals surface area contributed by atoms with Gasteiger partial charge >= 0.3 is 0 Å². The lowest BCUT2D eigenvalue weighted by molar-refractivity contribution is 0.000363. The van der Waals surface area contributed by atoms with Crippen molar-refractivity contribution in [3.8, 4) is 0 Å². The van der Waals surface area contributed by atoms with Crippen LogP contribution in [0.15, 0.2) is 30.3 Å². The molecular formula is C13H19NO. The number of hydrogen-bond donors (Lipinski definition) is 0. The van der Waals surface area contributed by atoms with E-state index < -0.39 is 0 Å². The molecule has 0 saturated carbocycles. The molecule has 1 atom stereocenters. The van der Waals surface area contributed by atoms with E-state index in [9.17, 15) is 0 Å². The zero-order valence-electron chi connectivity index (χ0n) is 9.36. The summed E-state index contributed by atoms with van der Waals surface area (Å²) in [6, 6.07) is 11.3. The van der Waals surface area contributed by atoms with Crippen molar-refractivity contribution in [1.29, 1.82) is 0 Å². The van der Waals surface area contributed by atoms with Crippen LogP contribution >= 0.6 is 0 Å². The lowest BCUT2D eigenvalue weighted by Crippen LogP contribution is -2.44. The van der Waals surface area contributed by atoms with Crippen LogP contribution in [0.2, 0.25) is 0 Å². The zero-order valence-corrected chi connectivity index (χ0v) is 9.36. The third-order valence-electron chi connectivity index (χ3n) is 3.04. The van der Waals surface area contributed by atoms with Gasteiger partial charge in [0.2, 0.25) is 0 Å². The van der Waals surface area contributed by atoms with Crippen LogP contribution in [0.3, 0.4) is 0 Å². The van der Waals surface area contributed by atoms with Gasteiger partial charge in [0.15, 0.2) is 0 Å². The summed E-state index contributed by atoms with van der Waals surface area (Å²) in [5.41, 5.74) is 1.43. The van der Waals surface area contributed by atoms with Crippen molar-refractivity contribution in [3.63, 3.8) is 0 Å². The Bertz CT molecular complexity index is 286. The fourth-order valence-electron chi connectivity index (χ4n) is 2.01. The van der Waals surface area contributed by atoms with Gasteiger partial charge in [0.25, 0.3) is 0 Å². The first kappa shape index (κ1) is 10.7. The summed E-state index contributed by atoms with van der Waals surface area (Å²) in [6.45, 7) is 6.24. The largest absolute Gasteiger partial charge is 0.379 e. The summed E-state index contributed by atoms with van der Waals surface area (Å²) in [7, 11) is 0. The second-order valence-corrected chi connectivity index (χ2v) is 4.20. The molecule has 0 N–H and O–H groups in total. The standard InChI is InChI=1S/C13H19NO/c1-12-11-15-10-9-14(12)8-7-13-5-3-2-4-6-13/h2-6,12H,7-11H2,1H3. The Balaban J connectivity index is 1.82. The number of hydrogen-bond acceptors (Lipinski definition) is 2. The van der Waals surface area contributed by atoms with Gasteiger partial charge in [0, 0.05) is 19.1 Å². The molecule has 1 unspecified atom stereocenters. The average Bonchev–Trinajstić information content (AvgIpc) is 2.29. The number of nitrogens with zero attached hydrogens (tertiary/aromatic N) is 1. The van der Waals surface area contributed by atoms with Gasteiger partial charge in [0.05, 0.1) is 13.2 Å². The fraction of sp³-hybridized carbons (Fsp3) is 0.538. The van der Waals surface area contributed by atoms with E-state index in [1.165, 1.54) is 5.56 Å². The van der Waals surface area contributed by atoms with E-state index in [-0.39, 0.29) is 0 Å². The number of ether oxygens (including phenoxy) is 1. The molecule has 1 heterocycles. The van der Waals surface area contributed by atoms with Crippen LogP contribution in [0.25, 0.3) is 0 Å². The molecule has 2 rings (SSSR count). The first-order valence-electron chi connectivity index (χ1n) is 5.72. The van der Waals surface area contributed by atoms with Crippen molar-refractivity contribution in [3.05, 3.63) is 35.9 Å². The van der Waals surface area contributed by atoms with Crippen LogP contribution in [-0.2, 0) is 11.2 Å². The van der Waals surface area contributed by atoms with E-state index in [2.05, 4.69) is 42.2 Å². The smallest absolute Gasteiger partial charge is 0.0619 e. The van der Waals surface area contributed by atoms with E-state index in [1.807, 2.05) is 0 Å². The van der Waals surface area contributed by atoms with Crippen molar-refractivity contribution in [2.24, 2.45) is 0 Å². The fourth-order valence-corrected chi connectivity index (χ4v) is 2.01. The molecule has 2 heteroatoms. The third-order valence-corrected chi connectivity index (χ3v) is 3.04. The molecule has 15 heavy (non-hydrogen) atoms. The molecule has 0 spiro atoms. The summed E-state index contributed by atoms with van der Waals surface area (Å²) >= 11 is 0. The molecule has 1 aromatic carbocycles. The van der Waals surface area contributed by atoms with E-state index in [1.54, 1.807) is 0 Å². The minimum absolute atomic E-state index is 0.572. The second kappa shape index (κ2) is 5.29. The predicted molar refractivity (Wildman–Crippen MR) is 62.0 cm³/mol. The van der Waals surface area contributed by atoms with E-state index in [0.717, 1.165) is 32.7 Å². The molecule has 1 saturated heterocycles. The van der Waals surface area contributed by atoms with Crippen LogP contribution in [0.1, 0.15) is 12.5 Å². The molecule has 1 aliphatic heterocycles. The maximum absolute atomic E-state index is 5.42. The lowest BCUT2D eigenvalue weighted by Gasteiger charge is -2.33. The number of morpholine rings is 1. The second-order valence-electron chi connectivity index (χ2n) is 4.20. The van der Waals surface area contributed by atoms with E-state index >= 15 is 0 Å². The van der Waals surface area contributed by atoms with Crippen molar-refractivity contribution in [2.45, 2.75) is 19.4 Å². The Morgan fingerprint density at radius 3 is 2.87 bits per heavy atom. The number of benzene rings is 1. The van der Waals surface area contributed by atoms with Gasteiger partial charge in [-0.05, 0) is 18.9 Å². The first-order chi connectivity index (χ1) is 7.36. The summed E-state index contributed by atoms with van der Waals surface area (Å²) in [4.78, 5) is 2.51. The quantitative estimate of drug-likeness (QED) is 0.748. The van der Waals surface area contributed by atoms with Crippen molar-refractivity contribution in [1.82, 2.24) is 4.90 Å². The highest BCUT2D eigenvalue weighted by Gasteiger charge is 2.17. The van der Waals surface area contributed by atoms with Gasteiger partial charge in [-0.25, -0.2) is 0 Å². The highest BCUT2D eigenvalue weighted by molar-refractivity contribution is 5.14. The molecular weight excluding hydrogens is 186 g/mol. The normalized spacial score (nSPS) is 22.9. The SMILES string of the molecule is CC1COCCN1CCc1ccccc1. The van der Waals surface area contributed by atoms with Crippen LogP contribution in [0, 0.1) is 0 Å². The summed E-state index contributed by atoms with van der Waals surface area (Å²) in [6.07, 6.45) is 1.14. The zero-order chi connectivity index (χ0) is 10.5. The van der Waals surface area contributed by atoms with Crippen molar-refractivity contribution >= 4 is 0 Å². The molecule has 1 aromatic rings. The maximum Gasteiger partial charge on any atom is 0.0619 e. The highest BCUT2D eigenvalue weighted by Crippen LogP contribution is 2.08. The topological polar surface area (TPSA) is 12.5 Å². The van der Waals surface area contributed by atoms with Gasteiger partial charge in [-0.2, -0.15) is 0 Å². The van der Waals surface area contributed by atoms with Gasteiger partial charge in [-0.1, -0.05) is 30.3 Å². The van der Waals surface area contributed by atoms with Gasteiger partial charge in [-0.3, -0.25) is 4.90 Å². The molecule has 0 aliphatic carbocycles. The minimum Gasteiger partial charge on any atom is -0.379 e. The Morgan fingerprint density at radius 1 is 1.33 bits per heavy atom. The Morgan fingerprint density at radius 2 is 2.13 bits per heavy atom. The van der Waals surface area contributed by atoms with E-state index in [4.69, 9.17) is 4.74 Å². The highest BCUT2D eigenvalue weighted by atomic mass is 16.5. The summed E-state index contributed by atoms with van der Waals surface area (Å²) < 4.78 is 5.42. The van der Waals surface area contributed by atoms with Crippen LogP contribution in [0.4, 0.5) is 0 Å². The lowest BCUT2D eigenvalue weighted by atomic mass is 10.1. The molecule has 1 aliphatic rings. The molecule has 1 fully saturated rings. The van der Waals surface area contributed by atoms with Gasteiger partial charge < -0.3 is 4.74 Å².